The Balaban J connectivity index is 1.23. The highest BCUT2D eigenvalue weighted by Crippen LogP contribution is 2.27. The maximum Gasteiger partial charge on any atom is 0.321 e. The van der Waals surface area contributed by atoms with Crippen LogP contribution in [0.5, 0.6) is 5.75 Å². The molecular weight excluding hydrogens is 404 g/mol. The molecule has 0 aliphatic carbocycles. The first-order chi connectivity index (χ1) is 15.4. The first-order valence-electron chi connectivity index (χ1n) is 11.4. The Hall–Kier alpha value is -3.09. The van der Waals surface area contributed by atoms with Crippen molar-refractivity contribution in [1.29, 1.82) is 0 Å². The van der Waals surface area contributed by atoms with Gasteiger partial charge in [-0.15, -0.1) is 0 Å². The molecule has 3 amide bonds. The van der Waals surface area contributed by atoms with Crippen molar-refractivity contribution < 1.29 is 14.3 Å². The molecule has 2 saturated heterocycles. The number of amides is 3. The Bertz CT molecular complexity index is 926. The summed E-state index contributed by atoms with van der Waals surface area (Å²) in [4.78, 5) is 32.9. The number of likely N-dealkylation sites (tertiary alicyclic amines) is 2. The molecule has 0 spiro atoms. The van der Waals surface area contributed by atoms with Crippen molar-refractivity contribution in [2.45, 2.75) is 39.2 Å². The van der Waals surface area contributed by atoms with E-state index in [1.165, 1.54) is 5.56 Å². The van der Waals surface area contributed by atoms with E-state index in [-0.39, 0.29) is 24.0 Å². The number of carbonyl (C=O) groups is 2. The van der Waals surface area contributed by atoms with Crippen LogP contribution in [0.2, 0.25) is 0 Å². The van der Waals surface area contributed by atoms with E-state index in [0.29, 0.717) is 31.5 Å². The fourth-order valence-corrected chi connectivity index (χ4v) is 4.08. The van der Waals surface area contributed by atoms with Crippen molar-refractivity contribution in [2.75, 3.05) is 31.5 Å². The molecule has 2 fully saturated rings. The third-order valence-corrected chi connectivity index (χ3v) is 6.58. The molecule has 2 aliphatic rings. The zero-order chi connectivity index (χ0) is 22.7. The summed E-state index contributed by atoms with van der Waals surface area (Å²) in [7, 11) is 0. The van der Waals surface area contributed by atoms with Crippen LogP contribution in [-0.4, -0.2) is 59.0 Å². The summed E-state index contributed by atoms with van der Waals surface area (Å²) in [6.45, 7) is 8.91. The number of hydrogen-bond donors (Lipinski definition) is 1. The Morgan fingerprint density at radius 2 is 1.81 bits per heavy atom. The summed E-state index contributed by atoms with van der Waals surface area (Å²) >= 11 is 0. The van der Waals surface area contributed by atoms with Crippen LogP contribution < -0.4 is 10.1 Å². The molecule has 170 valence electrons. The summed E-state index contributed by atoms with van der Waals surface area (Å²) in [6, 6.07) is 11.3. The summed E-state index contributed by atoms with van der Waals surface area (Å²) < 4.78 is 6.08. The maximum absolute atomic E-state index is 12.5. The van der Waals surface area contributed by atoms with Gasteiger partial charge in [-0.25, -0.2) is 4.79 Å². The van der Waals surface area contributed by atoms with Crippen LogP contribution in [0.15, 0.2) is 48.8 Å². The van der Waals surface area contributed by atoms with Gasteiger partial charge >= 0.3 is 6.03 Å². The molecule has 1 unspecified atom stereocenters. The quantitative estimate of drug-likeness (QED) is 0.743. The van der Waals surface area contributed by atoms with Gasteiger partial charge in [0.15, 0.2) is 0 Å². The number of nitrogens with zero attached hydrogens (tertiary/aromatic N) is 3. The van der Waals surface area contributed by atoms with Crippen LogP contribution >= 0.6 is 0 Å². The molecule has 4 rings (SSSR count). The van der Waals surface area contributed by atoms with E-state index in [9.17, 15) is 9.59 Å². The number of pyridine rings is 1. The van der Waals surface area contributed by atoms with Gasteiger partial charge < -0.3 is 19.9 Å². The van der Waals surface area contributed by atoms with Crippen molar-refractivity contribution in [1.82, 2.24) is 14.8 Å². The van der Waals surface area contributed by atoms with Crippen molar-refractivity contribution in [3.05, 3.63) is 54.4 Å². The lowest BCUT2D eigenvalue weighted by Crippen LogP contribution is -2.50. The number of urea groups is 1. The lowest BCUT2D eigenvalue weighted by molar-refractivity contribution is -0.135. The van der Waals surface area contributed by atoms with Crippen LogP contribution in [0, 0.1) is 11.8 Å². The minimum Gasteiger partial charge on any atom is -0.489 e. The van der Waals surface area contributed by atoms with Gasteiger partial charge in [-0.2, -0.15) is 0 Å². The highest BCUT2D eigenvalue weighted by Gasteiger charge is 2.32. The molecule has 0 saturated carbocycles. The van der Waals surface area contributed by atoms with E-state index in [1.54, 1.807) is 11.1 Å². The second-order valence-electron chi connectivity index (χ2n) is 9.19. The lowest BCUT2D eigenvalue weighted by atomic mass is 9.93. The minimum absolute atomic E-state index is 0.00394. The molecule has 2 aliphatic heterocycles. The number of rotatable bonds is 6. The van der Waals surface area contributed by atoms with Gasteiger partial charge in [-0.3, -0.25) is 9.78 Å². The van der Waals surface area contributed by atoms with Crippen molar-refractivity contribution >= 4 is 17.6 Å². The predicted molar refractivity (Wildman–Crippen MR) is 124 cm³/mol. The van der Waals surface area contributed by atoms with Crippen molar-refractivity contribution in [2.24, 2.45) is 11.8 Å². The van der Waals surface area contributed by atoms with Crippen LogP contribution in [0.4, 0.5) is 10.5 Å². The zero-order valence-electron chi connectivity index (χ0n) is 19.0. The van der Waals surface area contributed by atoms with Gasteiger partial charge in [-0.05, 0) is 41.8 Å². The van der Waals surface area contributed by atoms with Gasteiger partial charge in [0.1, 0.15) is 11.9 Å². The van der Waals surface area contributed by atoms with Gasteiger partial charge in [0.25, 0.3) is 0 Å². The average Bonchev–Trinajstić information content (AvgIpc) is 3.22. The largest absolute Gasteiger partial charge is 0.489 e. The highest BCUT2D eigenvalue weighted by molar-refractivity contribution is 5.90. The number of hydrogen-bond acceptors (Lipinski definition) is 4. The number of ether oxygens (including phenoxy) is 1. The smallest absolute Gasteiger partial charge is 0.321 e. The number of nitrogens with one attached hydrogen (secondary N) is 1. The molecule has 3 heterocycles. The molecule has 7 nitrogen and oxygen atoms in total. The minimum atomic E-state index is -0.0944. The van der Waals surface area contributed by atoms with Crippen molar-refractivity contribution in [3.8, 4) is 5.75 Å². The first kappa shape index (κ1) is 22.1. The second-order valence-corrected chi connectivity index (χ2v) is 9.19. The number of aromatic nitrogens is 1. The fraction of sp³-hybridized carbons (Fsp3) is 0.480. The topological polar surface area (TPSA) is 74.8 Å². The third-order valence-electron chi connectivity index (χ3n) is 6.58. The molecule has 7 heteroatoms. The number of carbonyl (C=O) groups excluding carboxylic acids is 2. The molecule has 0 radical (unpaired) electrons. The average molecular weight is 437 g/mol. The molecule has 1 aromatic carbocycles. The van der Waals surface area contributed by atoms with Crippen LogP contribution in [-0.2, 0) is 4.79 Å². The van der Waals surface area contributed by atoms with Crippen LogP contribution in [0.25, 0.3) is 0 Å². The summed E-state index contributed by atoms with van der Waals surface area (Å²) in [6.07, 6.45) is 4.46. The van der Waals surface area contributed by atoms with Gasteiger partial charge in [0.2, 0.25) is 5.91 Å². The number of benzene rings is 1. The molecular formula is C25H32N4O3. The Kier molecular flexibility index (Phi) is 6.63. The van der Waals surface area contributed by atoms with E-state index in [2.05, 4.69) is 30.2 Å². The molecule has 2 aromatic rings. The van der Waals surface area contributed by atoms with Gasteiger partial charge in [0, 0.05) is 56.0 Å². The summed E-state index contributed by atoms with van der Waals surface area (Å²) in [5.41, 5.74) is 1.91. The van der Waals surface area contributed by atoms with Gasteiger partial charge in [-0.1, -0.05) is 26.8 Å². The molecule has 2 atom stereocenters. The molecule has 1 N–H and O–H groups in total. The van der Waals surface area contributed by atoms with E-state index in [1.807, 2.05) is 48.4 Å². The Labute approximate surface area is 189 Å². The highest BCUT2D eigenvalue weighted by atomic mass is 16.5. The second kappa shape index (κ2) is 9.59. The van der Waals surface area contributed by atoms with Crippen molar-refractivity contribution in [3.63, 3.8) is 0 Å². The van der Waals surface area contributed by atoms with Crippen LogP contribution in [0.1, 0.15) is 38.7 Å². The molecule has 0 bridgehead atoms. The fourth-order valence-electron chi connectivity index (χ4n) is 4.08. The van der Waals surface area contributed by atoms with E-state index in [4.69, 9.17) is 4.74 Å². The number of anilines is 1. The maximum atomic E-state index is 12.5. The molecule has 32 heavy (non-hydrogen) atoms. The van der Waals surface area contributed by atoms with E-state index < -0.39 is 0 Å². The normalized spacial score (nSPS) is 19.6. The summed E-state index contributed by atoms with van der Waals surface area (Å²) in [5.74, 6) is 1.68. The standard InChI is InChI=1S/C25H32N4O3/c1-17(2)18(3)24(30)28-12-10-23(16-28)32-22-8-6-21(7-9-22)27-25(31)29-14-20(15-29)19-5-4-11-26-13-19/h4-9,11,13,17-18,20,23H,10,12,14-16H2,1-3H3,(H,27,31)/t18?,23-/m1/s1. The van der Waals surface area contributed by atoms with Gasteiger partial charge in [0.05, 0.1) is 6.54 Å². The Morgan fingerprint density at radius 3 is 2.47 bits per heavy atom. The molecule has 1 aromatic heterocycles. The lowest BCUT2D eigenvalue weighted by Gasteiger charge is -2.39. The van der Waals surface area contributed by atoms with E-state index in [0.717, 1.165) is 24.4 Å². The predicted octanol–water partition coefficient (Wildman–Crippen LogP) is 3.98. The zero-order valence-corrected chi connectivity index (χ0v) is 19.0. The monoisotopic (exact) mass is 436 g/mol. The first-order valence-corrected chi connectivity index (χ1v) is 11.4. The SMILES string of the molecule is CC(C)C(C)C(=O)N1CC[C@@H](Oc2ccc(NC(=O)N3CC(c4cccnc4)C3)cc2)C1. The summed E-state index contributed by atoms with van der Waals surface area (Å²) in [5, 5.41) is 2.94. The Morgan fingerprint density at radius 1 is 1.06 bits per heavy atom. The third kappa shape index (κ3) is 5.03. The van der Waals surface area contributed by atoms with Crippen LogP contribution in [0.3, 0.4) is 0 Å². The van der Waals surface area contributed by atoms with E-state index >= 15 is 0 Å².